The van der Waals surface area contributed by atoms with Gasteiger partial charge in [-0.05, 0) is 19.4 Å². The molecule has 14 heavy (non-hydrogen) atoms. The first-order valence-corrected chi connectivity index (χ1v) is 5.09. The van der Waals surface area contributed by atoms with Gasteiger partial charge in [-0.3, -0.25) is 14.7 Å². The Morgan fingerprint density at radius 3 is 2.71 bits per heavy atom. The van der Waals surface area contributed by atoms with Crippen molar-refractivity contribution in [2.75, 3.05) is 39.4 Å². The molecule has 1 heterocycles. The molecule has 0 radical (unpaired) electrons. The van der Waals surface area contributed by atoms with Gasteiger partial charge in [0.05, 0.1) is 13.2 Å². The van der Waals surface area contributed by atoms with Crippen molar-refractivity contribution in [1.82, 2.24) is 9.91 Å². The third-order valence-electron chi connectivity index (χ3n) is 2.38. The fourth-order valence-corrected chi connectivity index (χ4v) is 1.51. The number of carbonyl (C=O) groups excluding carboxylic acids is 1. The van der Waals surface area contributed by atoms with Crippen LogP contribution in [0.25, 0.3) is 0 Å². The van der Waals surface area contributed by atoms with E-state index in [9.17, 15) is 4.79 Å². The molecule has 1 aliphatic rings. The van der Waals surface area contributed by atoms with Crippen LogP contribution in [0.1, 0.15) is 12.8 Å². The van der Waals surface area contributed by atoms with E-state index in [1.807, 2.05) is 0 Å². The molecule has 82 valence electrons. The minimum Gasteiger partial charge on any atom is -0.379 e. The zero-order chi connectivity index (χ0) is 10.2. The van der Waals surface area contributed by atoms with E-state index in [2.05, 4.69) is 4.90 Å². The summed E-state index contributed by atoms with van der Waals surface area (Å²) >= 11 is 0. The summed E-state index contributed by atoms with van der Waals surface area (Å²) in [6.07, 6.45) is 2.71. The molecular formula is C9H19N3O2. The van der Waals surface area contributed by atoms with Crippen molar-refractivity contribution in [1.29, 1.82) is 0 Å². The number of hydrogen-bond acceptors (Lipinski definition) is 4. The Kier molecular flexibility index (Phi) is 5.51. The first kappa shape index (κ1) is 11.4. The Balaban J connectivity index is 1.94. The summed E-state index contributed by atoms with van der Waals surface area (Å²) in [4.78, 5) is 12.6. The first-order valence-electron chi connectivity index (χ1n) is 5.09. The molecule has 0 unspecified atom stereocenters. The van der Waals surface area contributed by atoms with Crippen molar-refractivity contribution in [3.05, 3.63) is 0 Å². The Morgan fingerprint density at radius 2 is 2.07 bits per heavy atom. The number of hydrazine groups is 1. The van der Waals surface area contributed by atoms with E-state index in [1.165, 1.54) is 5.01 Å². The van der Waals surface area contributed by atoms with Gasteiger partial charge in [-0.15, -0.1) is 0 Å². The molecule has 1 amide bonds. The van der Waals surface area contributed by atoms with E-state index in [0.717, 1.165) is 45.7 Å². The van der Waals surface area contributed by atoms with Gasteiger partial charge in [0.2, 0.25) is 6.41 Å². The fourth-order valence-electron chi connectivity index (χ4n) is 1.51. The Bertz CT molecular complexity index is 160. The van der Waals surface area contributed by atoms with Crippen LogP contribution < -0.4 is 5.84 Å². The van der Waals surface area contributed by atoms with E-state index in [4.69, 9.17) is 10.6 Å². The van der Waals surface area contributed by atoms with Crippen LogP contribution in [0.3, 0.4) is 0 Å². The van der Waals surface area contributed by atoms with E-state index in [0.29, 0.717) is 13.0 Å². The minimum atomic E-state index is 0.647. The molecular weight excluding hydrogens is 182 g/mol. The minimum absolute atomic E-state index is 0.647. The van der Waals surface area contributed by atoms with E-state index in [-0.39, 0.29) is 0 Å². The summed E-state index contributed by atoms with van der Waals surface area (Å²) in [6, 6.07) is 0. The van der Waals surface area contributed by atoms with Gasteiger partial charge in [-0.1, -0.05) is 0 Å². The maximum Gasteiger partial charge on any atom is 0.223 e. The fraction of sp³-hybridized carbons (Fsp3) is 0.889. The molecule has 2 N–H and O–H groups in total. The van der Waals surface area contributed by atoms with Crippen LogP contribution in [0.4, 0.5) is 0 Å². The number of amides is 1. The van der Waals surface area contributed by atoms with Crippen molar-refractivity contribution in [3.8, 4) is 0 Å². The lowest BCUT2D eigenvalue weighted by molar-refractivity contribution is -0.118. The van der Waals surface area contributed by atoms with Gasteiger partial charge in [0.25, 0.3) is 0 Å². The number of carbonyl (C=O) groups is 1. The highest BCUT2D eigenvalue weighted by molar-refractivity contribution is 5.45. The quantitative estimate of drug-likeness (QED) is 0.205. The number of hydrogen-bond donors (Lipinski definition) is 1. The average Bonchev–Trinajstić information content (AvgIpc) is 2.25. The predicted octanol–water partition coefficient (Wildman–Crippen LogP) is -0.569. The molecule has 1 fully saturated rings. The molecule has 1 saturated heterocycles. The second-order valence-corrected chi connectivity index (χ2v) is 3.50. The molecule has 0 aromatic rings. The van der Waals surface area contributed by atoms with Gasteiger partial charge in [0.15, 0.2) is 0 Å². The molecule has 0 aromatic heterocycles. The zero-order valence-corrected chi connectivity index (χ0v) is 8.52. The SMILES string of the molecule is NN(C=O)CCCCN1CCOCC1. The maximum absolute atomic E-state index is 10.2. The zero-order valence-electron chi connectivity index (χ0n) is 8.52. The average molecular weight is 201 g/mol. The third-order valence-corrected chi connectivity index (χ3v) is 2.38. The standard InChI is InChI=1S/C9H19N3O2/c10-12(9-13)4-2-1-3-11-5-7-14-8-6-11/h9H,1-8,10H2. The highest BCUT2D eigenvalue weighted by atomic mass is 16.5. The lowest BCUT2D eigenvalue weighted by atomic mass is 10.2. The monoisotopic (exact) mass is 201 g/mol. The van der Waals surface area contributed by atoms with Gasteiger partial charge in [0, 0.05) is 19.6 Å². The first-order chi connectivity index (χ1) is 6.83. The maximum atomic E-state index is 10.2. The molecule has 5 heteroatoms. The van der Waals surface area contributed by atoms with E-state index < -0.39 is 0 Å². The van der Waals surface area contributed by atoms with Crippen LogP contribution in [-0.2, 0) is 9.53 Å². The summed E-state index contributed by atoms with van der Waals surface area (Å²) in [5, 5.41) is 1.19. The van der Waals surface area contributed by atoms with E-state index in [1.54, 1.807) is 0 Å². The lowest BCUT2D eigenvalue weighted by Crippen LogP contribution is -2.37. The summed E-state index contributed by atoms with van der Waals surface area (Å²) in [5.74, 6) is 5.32. The third kappa shape index (κ3) is 4.55. The largest absolute Gasteiger partial charge is 0.379 e. The molecule has 1 rings (SSSR count). The van der Waals surface area contributed by atoms with Crippen LogP contribution >= 0.6 is 0 Å². The number of morpholine rings is 1. The summed E-state index contributed by atoms with van der Waals surface area (Å²) in [5.41, 5.74) is 0. The van der Waals surface area contributed by atoms with Crippen molar-refractivity contribution >= 4 is 6.41 Å². The number of rotatable bonds is 6. The number of unbranched alkanes of at least 4 members (excludes halogenated alkanes) is 1. The van der Waals surface area contributed by atoms with Gasteiger partial charge in [-0.2, -0.15) is 0 Å². The smallest absolute Gasteiger partial charge is 0.223 e. The molecule has 5 nitrogen and oxygen atoms in total. The predicted molar refractivity (Wildman–Crippen MR) is 53.5 cm³/mol. The van der Waals surface area contributed by atoms with Gasteiger partial charge < -0.3 is 4.74 Å². The molecule has 0 bridgehead atoms. The van der Waals surface area contributed by atoms with Crippen LogP contribution in [0.5, 0.6) is 0 Å². The summed E-state index contributed by atoms with van der Waals surface area (Å²) in [6.45, 7) is 5.47. The highest BCUT2D eigenvalue weighted by Crippen LogP contribution is 1.99. The van der Waals surface area contributed by atoms with Crippen molar-refractivity contribution in [3.63, 3.8) is 0 Å². The molecule has 0 aromatic carbocycles. The summed E-state index contributed by atoms with van der Waals surface area (Å²) in [7, 11) is 0. The van der Waals surface area contributed by atoms with Crippen LogP contribution in [0.2, 0.25) is 0 Å². The van der Waals surface area contributed by atoms with Crippen LogP contribution in [0.15, 0.2) is 0 Å². The molecule has 0 saturated carbocycles. The van der Waals surface area contributed by atoms with Crippen molar-refractivity contribution < 1.29 is 9.53 Å². The number of nitrogens with two attached hydrogens (primary N) is 1. The number of nitrogens with zero attached hydrogens (tertiary/aromatic N) is 2. The number of ether oxygens (including phenoxy) is 1. The van der Waals surface area contributed by atoms with Crippen molar-refractivity contribution in [2.45, 2.75) is 12.8 Å². The molecule has 1 aliphatic heterocycles. The van der Waals surface area contributed by atoms with Gasteiger partial charge in [-0.25, -0.2) is 5.84 Å². The van der Waals surface area contributed by atoms with Crippen LogP contribution in [-0.4, -0.2) is 55.7 Å². The normalized spacial score (nSPS) is 18.1. The second-order valence-electron chi connectivity index (χ2n) is 3.50. The Morgan fingerprint density at radius 1 is 1.36 bits per heavy atom. The Hall–Kier alpha value is -0.650. The van der Waals surface area contributed by atoms with E-state index >= 15 is 0 Å². The summed E-state index contributed by atoms with van der Waals surface area (Å²) < 4.78 is 5.25. The van der Waals surface area contributed by atoms with Crippen molar-refractivity contribution in [2.24, 2.45) is 5.84 Å². The topological polar surface area (TPSA) is 58.8 Å². The molecule has 0 aliphatic carbocycles. The van der Waals surface area contributed by atoms with Gasteiger partial charge >= 0.3 is 0 Å². The Labute approximate surface area is 84.8 Å². The van der Waals surface area contributed by atoms with Crippen LogP contribution in [0, 0.1) is 0 Å². The lowest BCUT2D eigenvalue weighted by Gasteiger charge is -2.26. The molecule has 0 spiro atoms. The highest BCUT2D eigenvalue weighted by Gasteiger charge is 2.08. The second kappa shape index (κ2) is 6.75. The molecule has 0 atom stereocenters. The van der Waals surface area contributed by atoms with Gasteiger partial charge in [0.1, 0.15) is 0 Å².